The van der Waals surface area contributed by atoms with E-state index in [1.807, 2.05) is 0 Å². The fraction of sp³-hybridized carbons (Fsp3) is 0.400. The van der Waals surface area contributed by atoms with E-state index < -0.39 is 29.6 Å². The molecule has 1 aromatic carbocycles. The first kappa shape index (κ1) is 21.5. The van der Waals surface area contributed by atoms with E-state index in [4.69, 9.17) is 4.74 Å². The van der Waals surface area contributed by atoms with Crippen molar-refractivity contribution in [3.05, 3.63) is 60.2 Å². The van der Waals surface area contributed by atoms with Crippen molar-refractivity contribution < 1.29 is 23.1 Å². The van der Waals surface area contributed by atoms with Crippen molar-refractivity contribution in [1.29, 1.82) is 0 Å². The number of carbonyl (C=O) groups excluding carboxylic acids is 2. The molecule has 1 amide bonds. The average Bonchev–Trinajstić information content (AvgIpc) is 2.57. The first-order valence-electron chi connectivity index (χ1n) is 8.55. The molecule has 0 saturated heterocycles. The molecule has 0 heterocycles. The molecule has 0 spiro atoms. The Morgan fingerprint density at radius 1 is 1.27 bits per heavy atom. The molecule has 1 unspecified atom stereocenters. The average molecular weight is 365 g/mol. The predicted molar refractivity (Wildman–Crippen MR) is 96.4 cm³/mol. The van der Waals surface area contributed by atoms with E-state index in [0.717, 1.165) is 31.0 Å². The highest BCUT2D eigenvalue weighted by Crippen LogP contribution is 2.11. The smallest absolute Gasteiger partial charge is 0.329 e. The molecule has 4 nitrogen and oxygen atoms in total. The minimum atomic E-state index is -1.06. The Kier molecular flexibility index (Phi) is 9.26. The van der Waals surface area contributed by atoms with Crippen LogP contribution in [-0.2, 0) is 20.7 Å². The summed E-state index contributed by atoms with van der Waals surface area (Å²) in [6, 6.07) is 1.91. The number of esters is 1. The van der Waals surface area contributed by atoms with E-state index >= 15 is 0 Å². The van der Waals surface area contributed by atoms with Crippen molar-refractivity contribution >= 4 is 11.9 Å². The SMILES string of the molecule is C=CCOC(=O)[C@H](Cc1cc(F)cc(F)c1)NC(=O)/C=C/CC(C)CC. The molecule has 26 heavy (non-hydrogen) atoms. The standard InChI is InChI=1S/C20H25F2NO3/c1-4-9-26-20(25)18(12-15-10-16(21)13-17(22)11-15)23-19(24)8-6-7-14(3)5-2/h4,6,8,10-11,13-14,18H,1,5,7,9,12H2,2-3H3,(H,23,24)/b8-6+/t14?,18-/m0/s1. The van der Waals surface area contributed by atoms with Crippen LogP contribution in [-0.4, -0.2) is 24.5 Å². The topological polar surface area (TPSA) is 55.4 Å². The Morgan fingerprint density at radius 2 is 1.92 bits per heavy atom. The highest BCUT2D eigenvalue weighted by Gasteiger charge is 2.22. The number of ether oxygens (including phenoxy) is 1. The number of amides is 1. The fourth-order valence-electron chi connectivity index (χ4n) is 2.19. The number of nitrogens with one attached hydrogen (secondary N) is 1. The molecule has 0 bridgehead atoms. The summed E-state index contributed by atoms with van der Waals surface area (Å²) in [4.78, 5) is 24.2. The second kappa shape index (κ2) is 11.2. The van der Waals surface area contributed by atoms with Gasteiger partial charge in [0.2, 0.25) is 5.91 Å². The third-order valence-electron chi connectivity index (χ3n) is 3.81. The van der Waals surface area contributed by atoms with Crippen LogP contribution in [0.4, 0.5) is 8.78 Å². The van der Waals surface area contributed by atoms with Crippen LogP contribution in [0.15, 0.2) is 43.0 Å². The molecule has 0 fully saturated rings. The van der Waals surface area contributed by atoms with E-state index in [1.165, 1.54) is 12.2 Å². The maximum Gasteiger partial charge on any atom is 0.329 e. The lowest BCUT2D eigenvalue weighted by molar-refractivity contribution is -0.146. The van der Waals surface area contributed by atoms with Gasteiger partial charge in [-0.25, -0.2) is 13.6 Å². The summed E-state index contributed by atoms with van der Waals surface area (Å²) in [6.07, 6.45) is 6.13. The molecule has 0 aromatic heterocycles. The van der Waals surface area contributed by atoms with Gasteiger partial charge in [-0.2, -0.15) is 0 Å². The van der Waals surface area contributed by atoms with Gasteiger partial charge < -0.3 is 10.1 Å². The Bertz CT molecular complexity index is 638. The number of allylic oxidation sites excluding steroid dienone is 1. The van der Waals surface area contributed by atoms with E-state index in [9.17, 15) is 18.4 Å². The van der Waals surface area contributed by atoms with Crippen LogP contribution in [0.1, 0.15) is 32.3 Å². The lowest BCUT2D eigenvalue weighted by Crippen LogP contribution is -2.42. The summed E-state index contributed by atoms with van der Waals surface area (Å²) in [5.41, 5.74) is 0.243. The van der Waals surface area contributed by atoms with Crippen molar-refractivity contribution in [2.24, 2.45) is 5.92 Å². The first-order chi connectivity index (χ1) is 12.3. The van der Waals surface area contributed by atoms with Gasteiger partial charge in [0.05, 0.1) is 0 Å². The normalized spacial score (nSPS) is 13.2. The number of halogens is 2. The summed E-state index contributed by atoms with van der Waals surface area (Å²) in [5, 5.41) is 2.53. The van der Waals surface area contributed by atoms with Crippen LogP contribution < -0.4 is 5.32 Å². The summed E-state index contributed by atoms with van der Waals surface area (Å²) < 4.78 is 31.7. The maximum absolute atomic E-state index is 13.4. The van der Waals surface area contributed by atoms with Gasteiger partial charge in [-0.05, 0) is 36.1 Å². The molecule has 1 N–H and O–H groups in total. The van der Waals surface area contributed by atoms with Crippen molar-refractivity contribution in [3.8, 4) is 0 Å². The van der Waals surface area contributed by atoms with E-state index in [2.05, 4.69) is 25.7 Å². The van der Waals surface area contributed by atoms with Crippen molar-refractivity contribution in [1.82, 2.24) is 5.32 Å². The zero-order valence-electron chi connectivity index (χ0n) is 15.1. The summed E-state index contributed by atoms with van der Waals surface area (Å²) in [5.74, 6) is -2.22. The highest BCUT2D eigenvalue weighted by molar-refractivity contribution is 5.91. The molecule has 0 aliphatic carbocycles. The number of rotatable bonds is 10. The van der Waals surface area contributed by atoms with Gasteiger partial charge in [-0.3, -0.25) is 4.79 Å². The molecule has 2 atom stereocenters. The van der Waals surface area contributed by atoms with Gasteiger partial charge in [0.25, 0.3) is 0 Å². The van der Waals surface area contributed by atoms with Gasteiger partial charge in [0.1, 0.15) is 24.3 Å². The molecular weight excluding hydrogens is 340 g/mol. The number of hydrogen-bond donors (Lipinski definition) is 1. The molecule has 142 valence electrons. The van der Waals surface area contributed by atoms with Gasteiger partial charge in [0.15, 0.2) is 0 Å². The van der Waals surface area contributed by atoms with Crippen LogP contribution in [0.3, 0.4) is 0 Å². The van der Waals surface area contributed by atoms with Gasteiger partial charge >= 0.3 is 5.97 Å². The second-order valence-electron chi connectivity index (χ2n) is 6.11. The summed E-state index contributed by atoms with van der Waals surface area (Å²) in [7, 11) is 0. The number of benzene rings is 1. The molecule has 0 saturated carbocycles. The summed E-state index contributed by atoms with van der Waals surface area (Å²) in [6.45, 7) is 7.55. The Hall–Kier alpha value is -2.50. The molecule has 0 radical (unpaired) electrons. The largest absolute Gasteiger partial charge is 0.460 e. The van der Waals surface area contributed by atoms with Crippen LogP contribution in [0.25, 0.3) is 0 Å². The third kappa shape index (κ3) is 8.05. The molecule has 6 heteroatoms. The molecule has 1 aromatic rings. The molecular formula is C20H25F2NO3. The second-order valence-corrected chi connectivity index (χ2v) is 6.11. The zero-order chi connectivity index (χ0) is 19.5. The first-order valence-corrected chi connectivity index (χ1v) is 8.55. The monoisotopic (exact) mass is 365 g/mol. The third-order valence-corrected chi connectivity index (χ3v) is 3.81. The van der Waals surface area contributed by atoms with Gasteiger partial charge in [-0.1, -0.05) is 39.0 Å². The molecule has 0 aliphatic heterocycles. The maximum atomic E-state index is 13.4. The number of carbonyl (C=O) groups is 2. The summed E-state index contributed by atoms with van der Waals surface area (Å²) >= 11 is 0. The van der Waals surface area contributed by atoms with Crippen molar-refractivity contribution in [2.45, 2.75) is 39.2 Å². The highest BCUT2D eigenvalue weighted by atomic mass is 19.1. The fourth-order valence-corrected chi connectivity index (χ4v) is 2.19. The Labute approximate surface area is 152 Å². The predicted octanol–water partition coefficient (Wildman–Crippen LogP) is 3.71. The van der Waals surface area contributed by atoms with Crippen molar-refractivity contribution in [2.75, 3.05) is 6.61 Å². The zero-order valence-corrected chi connectivity index (χ0v) is 15.1. The number of hydrogen-bond acceptors (Lipinski definition) is 3. The quantitative estimate of drug-likeness (QED) is 0.391. The Morgan fingerprint density at radius 3 is 2.50 bits per heavy atom. The minimum Gasteiger partial charge on any atom is -0.460 e. The van der Waals surface area contributed by atoms with E-state index in [1.54, 1.807) is 6.08 Å². The minimum absolute atomic E-state index is 0.0213. The van der Waals surface area contributed by atoms with Gasteiger partial charge in [-0.15, -0.1) is 0 Å². The van der Waals surface area contributed by atoms with Crippen LogP contribution in [0, 0.1) is 17.6 Å². The van der Waals surface area contributed by atoms with Gasteiger partial charge in [0, 0.05) is 12.5 Å². The lowest BCUT2D eigenvalue weighted by Gasteiger charge is -2.17. The van der Waals surface area contributed by atoms with E-state index in [0.29, 0.717) is 5.92 Å². The van der Waals surface area contributed by atoms with Crippen LogP contribution >= 0.6 is 0 Å². The lowest BCUT2D eigenvalue weighted by atomic mass is 10.0. The van der Waals surface area contributed by atoms with Crippen LogP contribution in [0.2, 0.25) is 0 Å². The van der Waals surface area contributed by atoms with Crippen molar-refractivity contribution in [3.63, 3.8) is 0 Å². The van der Waals surface area contributed by atoms with Crippen LogP contribution in [0.5, 0.6) is 0 Å². The Balaban J connectivity index is 2.82. The molecule has 0 aliphatic rings. The van der Waals surface area contributed by atoms with E-state index in [-0.39, 0.29) is 18.6 Å². The molecule has 1 rings (SSSR count).